The van der Waals surface area contributed by atoms with Gasteiger partial charge in [0.05, 0.1) is 12.9 Å². The minimum atomic E-state index is -1.37. The fraction of sp³-hybridized carbons (Fsp3) is 0.276. The number of aromatic nitrogens is 3. The van der Waals surface area contributed by atoms with E-state index in [1.165, 1.54) is 23.0 Å². The van der Waals surface area contributed by atoms with Gasteiger partial charge in [0.2, 0.25) is 5.75 Å². The van der Waals surface area contributed by atoms with Crippen molar-refractivity contribution >= 4 is 5.82 Å². The van der Waals surface area contributed by atoms with Crippen LogP contribution in [0.5, 0.6) is 5.75 Å². The van der Waals surface area contributed by atoms with E-state index in [1.807, 2.05) is 42.6 Å². The number of aromatic hydroxyl groups is 1. The molecule has 2 aromatic carbocycles. The van der Waals surface area contributed by atoms with Crippen molar-refractivity contribution in [3.63, 3.8) is 0 Å². The largest absolute Gasteiger partial charge is 0.502 e. The number of aliphatic hydroxyl groups excluding tert-OH is 1. The number of nitrogens with one attached hydrogen (secondary N) is 1. The molecular formula is C29H31FN6O3. The predicted octanol–water partition coefficient (Wildman–Crippen LogP) is 2.63. The zero-order valence-corrected chi connectivity index (χ0v) is 21.4. The molecule has 3 heterocycles. The molecule has 202 valence electrons. The van der Waals surface area contributed by atoms with Crippen molar-refractivity contribution in [1.82, 2.24) is 24.8 Å². The van der Waals surface area contributed by atoms with E-state index in [2.05, 4.69) is 31.2 Å². The van der Waals surface area contributed by atoms with E-state index < -0.39 is 17.5 Å². The molecule has 4 aromatic rings. The highest BCUT2D eigenvalue weighted by molar-refractivity contribution is 5.38. The van der Waals surface area contributed by atoms with Gasteiger partial charge in [0.15, 0.2) is 6.23 Å². The third-order valence-electron chi connectivity index (χ3n) is 6.91. The summed E-state index contributed by atoms with van der Waals surface area (Å²) in [6.07, 6.45) is 1.78. The smallest absolute Gasteiger partial charge is 0.296 e. The Labute approximate surface area is 225 Å². The normalized spacial score (nSPS) is 14.9. The fourth-order valence-corrected chi connectivity index (χ4v) is 4.68. The molecule has 1 fully saturated rings. The molecule has 0 radical (unpaired) electrons. The Morgan fingerprint density at radius 1 is 0.897 bits per heavy atom. The summed E-state index contributed by atoms with van der Waals surface area (Å²) in [7, 11) is 0. The van der Waals surface area contributed by atoms with Crippen LogP contribution in [0.3, 0.4) is 0 Å². The average Bonchev–Trinajstić information content (AvgIpc) is 2.97. The first-order chi connectivity index (χ1) is 19.0. The summed E-state index contributed by atoms with van der Waals surface area (Å²) in [6, 6.07) is 19.7. The number of rotatable bonds is 9. The van der Waals surface area contributed by atoms with Crippen LogP contribution in [0.15, 0.2) is 84.0 Å². The number of pyridine rings is 1. The number of benzene rings is 2. The maximum Gasteiger partial charge on any atom is 0.296 e. The summed E-state index contributed by atoms with van der Waals surface area (Å²) in [4.78, 5) is 26.2. The molecule has 9 nitrogen and oxygen atoms in total. The first kappa shape index (κ1) is 26.5. The van der Waals surface area contributed by atoms with Crippen molar-refractivity contribution in [3.8, 4) is 5.75 Å². The van der Waals surface area contributed by atoms with Crippen molar-refractivity contribution in [3.05, 3.63) is 118 Å². The van der Waals surface area contributed by atoms with Gasteiger partial charge in [0.1, 0.15) is 17.3 Å². The van der Waals surface area contributed by atoms with Crippen molar-refractivity contribution in [2.75, 3.05) is 31.1 Å². The van der Waals surface area contributed by atoms with Crippen LogP contribution in [0.25, 0.3) is 0 Å². The Morgan fingerprint density at radius 2 is 1.59 bits per heavy atom. The number of halogens is 1. The molecule has 1 saturated heterocycles. The van der Waals surface area contributed by atoms with Gasteiger partial charge in [-0.05, 0) is 41.0 Å². The number of hydrogen-bond donors (Lipinski definition) is 3. The van der Waals surface area contributed by atoms with Crippen LogP contribution in [-0.2, 0) is 19.6 Å². The third-order valence-corrected chi connectivity index (χ3v) is 6.91. The van der Waals surface area contributed by atoms with Crippen LogP contribution in [-0.4, -0.2) is 55.8 Å². The van der Waals surface area contributed by atoms with Crippen LogP contribution < -0.4 is 15.8 Å². The SMILES string of the molecule is O=c1c(O)c(C(O)NCc2ccc(F)cc2)ncn1Cc1ccccc1CN1CCN(c2ccccn2)CC1. The highest BCUT2D eigenvalue weighted by atomic mass is 19.1. The van der Waals surface area contributed by atoms with Crippen molar-refractivity contribution < 1.29 is 14.6 Å². The van der Waals surface area contributed by atoms with Crippen LogP contribution in [0.2, 0.25) is 0 Å². The number of hydrogen-bond acceptors (Lipinski definition) is 8. The molecule has 0 spiro atoms. The third kappa shape index (κ3) is 6.48. The molecule has 1 atom stereocenters. The minimum absolute atomic E-state index is 0.155. The topological polar surface area (TPSA) is 107 Å². The van der Waals surface area contributed by atoms with E-state index in [4.69, 9.17) is 0 Å². The van der Waals surface area contributed by atoms with Crippen LogP contribution >= 0.6 is 0 Å². The molecule has 10 heteroatoms. The van der Waals surface area contributed by atoms with E-state index in [1.54, 1.807) is 12.1 Å². The lowest BCUT2D eigenvalue weighted by Gasteiger charge is -2.35. The van der Waals surface area contributed by atoms with E-state index in [9.17, 15) is 19.4 Å². The summed E-state index contributed by atoms with van der Waals surface area (Å²) < 4.78 is 14.4. The molecule has 3 N–H and O–H groups in total. The molecule has 1 aliphatic heterocycles. The van der Waals surface area contributed by atoms with Crippen molar-refractivity contribution in [1.29, 1.82) is 0 Å². The average molecular weight is 531 g/mol. The molecule has 0 bridgehead atoms. The number of nitrogens with zero attached hydrogens (tertiary/aromatic N) is 5. The number of anilines is 1. The number of aliphatic hydroxyl groups is 1. The minimum Gasteiger partial charge on any atom is -0.502 e. The maximum absolute atomic E-state index is 13.1. The van der Waals surface area contributed by atoms with Crippen LogP contribution in [0.4, 0.5) is 10.2 Å². The first-order valence-corrected chi connectivity index (χ1v) is 12.9. The van der Waals surface area contributed by atoms with E-state index in [-0.39, 0.29) is 24.6 Å². The van der Waals surface area contributed by atoms with E-state index >= 15 is 0 Å². The summed E-state index contributed by atoms with van der Waals surface area (Å²) in [5, 5.41) is 23.8. The van der Waals surface area contributed by atoms with Gasteiger partial charge < -0.3 is 15.1 Å². The van der Waals surface area contributed by atoms with Crippen molar-refractivity contribution in [2.45, 2.75) is 25.9 Å². The zero-order chi connectivity index (χ0) is 27.2. The van der Waals surface area contributed by atoms with Crippen LogP contribution in [0, 0.1) is 5.82 Å². The molecule has 0 aliphatic carbocycles. The van der Waals surface area contributed by atoms with Crippen molar-refractivity contribution in [2.24, 2.45) is 0 Å². The molecule has 1 aliphatic rings. The van der Waals surface area contributed by atoms with Gasteiger partial charge in [-0.25, -0.2) is 14.4 Å². The van der Waals surface area contributed by atoms with Gasteiger partial charge in [-0.3, -0.25) is 19.6 Å². The van der Waals surface area contributed by atoms with Crippen LogP contribution in [0.1, 0.15) is 28.6 Å². The zero-order valence-electron chi connectivity index (χ0n) is 21.4. The highest BCUT2D eigenvalue weighted by Gasteiger charge is 2.21. The molecule has 0 amide bonds. The molecule has 5 rings (SSSR count). The summed E-state index contributed by atoms with van der Waals surface area (Å²) >= 11 is 0. The van der Waals surface area contributed by atoms with Gasteiger partial charge >= 0.3 is 0 Å². The second-order valence-corrected chi connectivity index (χ2v) is 9.54. The van der Waals surface area contributed by atoms with E-state index in [0.717, 1.165) is 55.2 Å². The van der Waals surface area contributed by atoms with E-state index in [0.29, 0.717) is 0 Å². The van der Waals surface area contributed by atoms with Gasteiger partial charge in [0.25, 0.3) is 5.56 Å². The molecule has 2 aromatic heterocycles. The van der Waals surface area contributed by atoms with Gasteiger partial charge in [-0.1, -0.05) is 42.5 Å². The Kier molecular flexibility index (Phi) is 8.26. The lowest BCUT2D eigenvalue weighted by molar-refractivity contribution is 0.128. The van der Waals surface area contributed by atoms with Gasteiger partial charge in [-0.2, -0.15) is 0 Å². The predicted molar refractivity (Wildman–Crippen MR) is 146 cm³/mol. The number of piperazine rings is 1. The Morgan fingerprint density at radius 3 is 2.28 bits per heavy atom. The molecule has 1 unspecified atom stereocenters. The summed E-state index contributed by atoms with van der Waals surface area (Å²) in [6.45, 7) is 4.74. The molecule has 0 saturated carbocycles. The lowest BCUT2D eigenvalue weighted by Crippen LogP contribution is -2.46. The highest BCUT2D eigenvalue weighted by Crippen LogP contribution is 2.19. The Balaban J connectivity index is 1.23. The first-order valence-electron chi connectivity index (χ1n) is 12.9. The molecule has 39 heavy (non-hydrogen) atoms. The van der Waals surface area contributed by atoms with Gasteiger partial charge in [-0.15, -0.1) is 0 Å². The summed E-state index contributed by atoms with van der Waals surface area (Å²) in [5.74, 6) is 0.0233. The molecular weight excluding hydrogens is 499 g/mol. The Bertz CT molecular complexity index is 1440. The quantitative estimate of drug-likeness (QED) is 0.284. The Hall–Kier alpha value is -4.12. The lowest BCUT2D eigenvalue weighted by atomic mass is 10.1. The second-order valence-electron chi connectivity index (χ2n) is 9.54. The maximum atomic E-state index is 13.1. The summed E-state index contributed by atoms with van der Waals surface area (Å²) in [5.41, 5.74) is 1.99. The van der Waals surface area contributed by atoms with Gasteiger partial charge in [0, 0.05) is 45.5 Å². The standard InChI is InChI=1S/C29H31FN6O3/c30-24-10-8-21(9-11-24)17-32-28(38)26-27(37)29(39)36(20-33-26)19-23-6-2-1-5-22(23)18-34-13-15-35(16-14-34)25-7-3-4-12-31-25/h1-12,20,28,32,37-38H,13-19H2. The fourth-order valence-electron chi connectivity index (χ4n) is 4.68. The monoisotopic (exact) mass is 530 g/mol. The second kappa shape index (κ2) is 12.2.